The highest BCUT2D eigenvalue weighted by Crippen LogP contribution is 2.21. The number of amides is 1. The Morgan fingerprint density at radius 1 is 1.18 bits per heavy atom. The summed E-state index contributed by atoms with van der Waals surface area (Å²) in [4.78, 5) is 49.3. The van der Waals surface area contributed by atoms with Crippen LogP contribution in [0, 0.1) is 22.9 Å². The molecule has 0 saturated carbocycles. The van der Waals surface area contributed by atoms with Crippen molar-refractivity contribution < 1.29 is 14.1 Å². The van der Waals surface area contributed by atoms with Crippen LogP contribution in [0.5, 0.6) is 0 Å². The van der Waals surface area contributed by atoms with Gasteiger partial charge in [-0.1, -0.05) is 17.7 Å². The van der Waals surface area contributed by atoms with Crippen molar-refractivity contribution in [2.75, 3.05) is 5.32 Å². The minimum atomic E-state index is -1.06. The SMILES string of the molecule is Cc1ccc(-n2c(=O)[nH]cc(C(=O)Nc3ccc(F)c([N+](=O)[O-])c3)c2=O)cc1. The van der Waals surface area contributed by atoms with Gasteiger partial charge in [-0.15, -0.1) is 0 Å². The van der Waals surface area contributed by atoms with Crippen molar-refractivity contribution in [3.05, 3.63) is 96.6 Å². The number of nitro groups is 1. The number of halogens is 1. The Balaban J connectivity index is 2.00. The molecule has 0 saturated heterocycles. The standard InChI is InChI=1S/C18H13FN4O5/c1-10-2-5-12(6-3-10)22-17(25)13(9-20-18(22)26)16(24)21-11-4-7-14(19)15(8-11)23(27)28/h2-9H,1H3,(H,20,26)(H,21,24). The summed E-state index contributed by atoms with van der Waals surface area (Å²) in [6.07, 6.45) is 0.947. The van der Waals surface area contributed by atoms with Crippen LogP contribution >= 0.6 is 0 Å². The first kappa shape index (κ1) is 18.7. The highest BCUT2D eigenvalue weighted by atomic mass is 19.1. The lowest BCUT2D eigenvalue weighted by atomic mass is 10.2. The zero-order valence-corrected chi connectivity index (χ0v) is 14.4. The molecule has 0 aliphatic heterocycles. The Morgan fingerprint density at radius 2 is 1.86 bits per heavy atom. The number of aryl methyl sites for hydroxylation is 1. The number of benzene rings is 2. The first-order valence-corrected chi connectivity index (χ1v) is 7.95. The number of hydrogen-bond acceptors (Lipinski definition) is 5. The lowest BCUT2D eigenvalue weighted by Crippen LogP contribution is -2.38. The van der Waals surface area contributed by atoms with Crippen LogP contribution in [0.1, 0.15) is 15.9 Å². The molecule has 3 aromatic rings. The normalized spacial score (nSPS) is 10.5. The van der Waals surface area contributed by atoms with E-state index in [0.717, 1.165) is 34.5 Å². The van der Waals surface area contributed by atoms with Crippen LogP contribution in [-0.4, -0.2) is 20.4 Å². The topological polar surface area (TPSA) is 127 Å². The minimum Gasteiger partial charge on any atom is -0.322 e. The fraction of sp³-hybridized carbons (Fsp3) is 0.0556. The lowest BCUT2D eigenvalue weighted by Gasteiger charge is -2.08. The van der Waals surface area contributed by atoms with E-state index in [0.29, 0.717) is 0 Å². The summed E-state index contributed by atoms with van der Waals surface area (Å²) in [6, 6.07) is 9.28. The molecule has 28 heavy (non-hydrogen) atoms. The monoisotopic (exact) mass is 384 g/mol. The average molecular weight is 384 g/mol. The molecule has 0 unspecified atom stereocenters. The third-order valence-electron chi connectivity index (χ3n) is 3.91. The molecule has 3 rings (SSSR count). The summed E-state index contributed by atoms with van der Waals surface area (Å²) in [5.41, 5.74) is -1.72. The fourth-order valence-corrected chi connectivity index (χ4v) is 2.49. The number of nitrogens with zero attached hydrogens (tertiary/aromatic N) is 2. The van der Waals surface area contributed by atoms with Crippen LogP contribution in [0.3, 0.4) is 0 Å². The van der Waals surface area contributed by atoms with Crippen LogP contribution in [0.4, 0.5) is 15.8 Å². The molecule has 0 aliphatic rings. The van der Waals surface area contributed by atoms with Crippen LogP contribution in [0.2, 0.25) is 0 Å². The predicted molar refractivity (Wildman–Crippen MR) is 98.4 cm³/mol. The number of aromatic amines is 1. The molecule has 9 nitrogen and oxygen atoms in total. The van der Waals surface area contributed by atoms with E-state index in [1.807, 2.05) is 6.92 Å². The quantitative estimate of drug-likeness (QED) is 0.526. The van der Waals surface area contributed by atoms with Gasteiger partial charge in [-0.05, 0) is 31.2 Å². The second-order valence-electron chi connectivity index (χ2n) is 5.86. The number of nitro benzene ring substituents is 1. The van der Waals surface area contributed by atoms with E-state index < -0.39 is 39.1 Å². The number of nitrogens with one attached hydrogen (secondary N) is 2. The van der Waals surface area contributed by atoms with Crippen molar-refractivity contribution in [2.45, 2.75) is 6.92 Å². The molecule has 142 valence electrons. The first-order valence-electron chi connectivity index (χ1n) is 7.95. The van der Waals surface area contributed by atoms with Crippen molar-refractivity contribution in [1.29, 1.82) is 0 Å². The van der Waals surface area contributed by atoms with Crippen LogP contribution in [0.15, 0.2) is 58.3 Å². The van der Waals surface area contributed by atoms with E-state index in [1.165, 1.54) is 0 Å². The maximum absolute atomic E-state index is 13.4. The Morgan fingerprint density at radius 3 is 2.50 bits per heavy atom. The first-order chi connectivity index (χ1) is 13.3. The second-order valence-corrected chi connectivity index (χ2v) is 5.86. The van der Waals surface area contributed by atoms with Crippen LogP contribution < -0.4 is 16.6 Å². The van der Waals surface area contributed by atoms with E-state index in [2.05, 4.69) is 10.3 Å². The highest BCUT2D eigenvalue weighted by Gasteiger charge is 2.19. The Hall–Kier alpha value is -4.08. The summed E-state index contributed by atoms with van der Waals surface area (Å²) >= 11 is 0. The van der Waals surface area contributed by atoms with E-state index in [1.54, 1.807) is 24.3 Å². The van der Waals surface area contributed by atoms with Gasteiger partial charge in [0.15, 0.2) is 0 Å². The molecule has 1 amide bonds. The third kappa shape index (κ3) is 3.56. The van der Waals surface area contributed by atoms with Gasteiger partial charge in [-0.25, -0.2) is 9.36 Å². The number of carbonyl (C=O) groups excluding carboxylic acids is 1. The molecule has 0 fully saturated rings. The Bertz CT molecular complexity index is 1200. The molecular weight excluding hydrogens is 371 g/mol. The zero-order valence-electron chi connectivity index (χ0n) is 14.4. The van der Waals surface area contributed by atoms with Crippen LogP contribution in [-0.2, 0) is 0 Å². The summed E-state index contributed by atoms with van der Waals surface area (Å²) in [6.45, 7) is 1.84. The maximum Gasteiger partial charge on any atom is 0.333 e. The molecule has 0 aliphatic carbocycles. The van der Waals surface area contributed by atoms with E-state index in [4.69, 9.17) is 0 Å². The maximum atomic E-state index is 13.4. The molecule has 0 spiro atoms. The number of H-pyrrole nitrogens is 1. The Kier molecular flexibility index (Phi) is 4.86. The molecule has 0 atom stereocenters. The van der Waals surface area contributed by atoms with Gasteiger partial charge in [-0.3, -0.25) is 19.7 Å². The number of carbonyl (C=O) groups is 1. The van der Waals surface area contributed by atoms with Crippen molar-refractivity contribution in [2.24, 2.45) is 0 Å². The van der Waals surface area contributed by atoms with Gasteiger partial charge in [0.25, 0.3) is 11.5 Å². The molecule has 1 aromatic heterocycles. The van der Waals surface area contributed by atoms with Crippen LogP contribution in [0.25, 0.3) is 5.69 Å². The minimum absolute atomic E-state index is 0.0782. The van der Waals surface area contributed by atoms with Crippen molar-refractivity contribution in [3.63, 3.8) is 0 Å². The number of anilines is 1. The molecule has 0 bridgehead atoms. The molecule has 10 heteroatoms. The fourth-order valence-electron chi connectivity index (χ4n) is 2.49. The van der Waals surface area contributed by atoms with E-state index in [9.17, 15) is 28.9 Å². The van der Waals surface area contributed by atoms with Gasteiger partial charge in [0, 0.05) is 18.0 Å². The summed E-state index contributed by atoms with van der Waals surface area (Å²) in [5.74, 6) is -1.98. The predicted octanol–water partition coefficient (Wildman–Crippen LogP) is 2.13. The number of aromatic nitrogens is 2. The number of rotatable bonds is 4. The van der Waals surface area contributed by atoms with Crippen molar-refractivity contribution in [1.82, 2.24) is 9.55 Å². The van der Waals surface area contributed by atoms with Gasteiger partial charge in [0.2, 0.25) is 5.82 Å². The molecule has 2 N–H and O–H groups in total. The zero-order chi connectivity index (χ0) is 20.4. The van der Waals surface area contributed by atoms with Gasteiger partial charge < -0.3 is 10.3 Å². The largest absolute Gasteiger partial charge is 0.333 e. The van der Waals surface area contributed by atoms with Gasteiger partial charge in [0.05, 0.1) is 10.6 Å². The van der Waals surface area contributed by atoms with Gasteiger partial charge >= 0.3 is 11.4 Å². The van der Waals surface area contributed by atoms with Crippen molar-refractivity contribution in [3.8, 4) is 5.69 Å². The highest BCUT2D eigenvalue weighted by molar-refractivity contribution is 6.04. The molecular formula is C18H13FN4O5. The Labute approximate surface area is 156 Å². The summed E-state index contributed by atoms with van der Waals surface area (Å²) < 4.78 is 14.2. The number of hydrogen-bond donors (Lipinski definition) is 2. The lowest BCUT2D eigenvalue weighted by molar-refractivity contribution is -0.387. The molecule has 0 radical (unpaired) electrons. The second kappa shape index (κ2) is 7.27. The third-order valence-corrected chi connectivity index (χ3v) is 3.91. The molecule has 2 aromatic carbocycles. The van der Waals surface area contributed by atoms with E-state index >= 15 is 0 Å². The van der Waals surface area contributed by atoms with Gasteiger partial charge in [0.1, 0.15) is 5.56 Å². The smallest absolute Gasteiger partial charge is 0.322 e. The molecule has 1 heterocycles. The summed E-state index contributed by atoms with van der Waals surface area (Å²) in [5, 5.41) is 13.1. The summed E-state index contributed by atoms with van der Waals surface area (Å²) in [7, 11) is 0. The van der Waals surface area contributed by atoms with E-state index in [-0.39, 0.29) is 11.4 Å². The van der Waals surface area contributed by atoms with Crippen molar-refractivity contribution >= 4 is 17.3 Å². The van der Waals surface area contributed by atoms with Gasteiger partial charge in [-0.2, -0.15) is 4.39 Å². The average Bonchev–Trinajstić information content (AvgIpc) is 2.64.